The van der Waals surface area contributed by atoms with Crippen molar-refractivity contribution >= 4 is 5.91 Å². The molecule has 1 aliphatic rings. The molecule has 0 bridgehead atoms. The van der Waals surface area contributed by atoms with Crippen LogP contribution in [0.2, 0.25) is 0 Å². The summed E-state index contributed by atoms with van der Waals surface area (Å²) < 4.78 is 0. The minimum absolute atomic E-state index is 0.114. The maximum atomic E-state index is 12.1. The molecule has 0 spiro atoms. The summed E-state index contributed by atoms with van der Waals surface area (Å²) in [4.78, 5) is 16.3. The standard InChI is InChI=1S/C13H16N6O/c20-13(15-10-4-2-1-3-5-10)11-7-6-9(8-14-11)12-16-18-19-17-12/h6-8,10H,1-5H2,(H,15,20)(H,16,17,18,19). The lowest BCUT2D eigenvalue weighted by molar-refractivity contribution is 0.0922. The van der Waals surface area contributed by atoms with Gasteiger partial charge in [-0.3, -0.25) is 9.78 Å². The minimum atomic E-state index is -0.114. The topological polar surface area (TPSA) is 96.5 Å². The first-order valence-corrected chi connectivity index (χ1v) is 6.83. The van der Waals surface area contributed by atoms with Crippen molar-refractivity contribution in [3.8, 4) is 11.4 Å². The lowest BCUT2D eigenvalue weighted by atomic mass is 9.95. The zero-order chi connectivity index (χ0) is 13.8. The van der Waals surface area contributed by atoms with E-state index in [2.05, 4.69) is 30.9 Å². The van der Waals surface area contributed by atoms with Gasteiger partial charge in [0.25, 0.3) is 5.91 Å². The van der Waals surface area contributed by atoms with Crippen LogP contribution in [0, 0.1) is 0 Å². The van der Waals surface area contributed by atoms with E-state index in [0.717, 1.165) is 18.4 Å². The Morgan fingerprint density at radius 1 is 1.25 bits per heavy atom. The summed E-state index contributed by atoms with van der Waals surface area (Å²) in [6, 6.07) is 3.74. The number of hydrogen-bond acceptors (Lipinski definition) is 5. The molecule has 3 rings (SSSR count). The molecule has 1 saturated carbocycles. The first kappa shape index (κ1) is 12.7. The van der Waals surface area contributed by atoms with Crippen molar-refractivity contribution in [3.05, 3.63) is 24.0 Å². The highest BCUT2D eigenvalue weighted by molar-refractivity contribution is 5.92. The van der Waals surface area contributed by atoms with Crippen LogP contribution in [0.3, 0.4) is 0 Å². The fourth-order valence-corrected chi connectivity index (χ4v) is 2.45. The van der Waals surface area contributed by atoms with E-state index in [1.807, 2.05) is 0 Å². The largest absolute Gasteiger partial charge is 0.348 e. The third-order valence-electron chi connectivity index (χ3n) is 3.54. The Morgan fingerprint density at radius 3 is 2.75 bits per heavy atom. The minimum Gasteiger partial charge on any atom is -0.348 e. The Morgan fingerprint density at radius 2 is 2.10 bits per heavy atom. The summed E-state index contributed by atoms with van der Waals surface area (Å²) in [5.74, 6) is 0.355. The molecular formula is C13H16N6O. The summed E-state index contributed by atoms with van der Waals surface area (Å²) in [6.07, 6.45) is 7.36. The molecule has 0 aromatic carbocycles. The molecule has 2 heterocycles. The average molecular weight is 272 g/mol. The summed E-state index contributed by atoms with van der Waals surface area (Å²) in [6.45, 7) is 0. The normalized spacial score (nSPS) is 16.0. The second-order valence-corrected chi connectivity index (χ2v) is 4.98. The van der Waals surface area contributed by atoms with Crippen molar-refractivity contribution in [2.45, 2.75) is 38.1 Å². The molecule has 0 atom stereocenters. The van der Waals surface area contributed by atoms with Crippen LogP contribution in [-0.2, 0) is 0 Å². The first-order valence-electron chi connectivity index (χ1n) is 6.83. The molecule has 104 valence electrons. The smallest absolute Gasteiger partial charge is 0.270 e. The van der Waals surface area contributed by atoms with Gasteiger partial charge in [-0.2, -0.15) is 5.21 Å². The van der Waals surface area contributed by atoms with Gasteiger partial charge in [0.15, 0.2) is 0 Å². The second kappa shape index (κ2) is 5.77. The molecular weight excluding hydrogens is 256 g/mol. The molecule has 0 saturated heterocycles. The average Bonchev–Trinajstić information content (AvgIpc) is 3.03. The van der Waals surface area contributed by atoms with E-state index in [1.165, 1.54) is 19.3 Å². The lowest BCUT2D eigenvalue weighted by Crippen LogP contribution is -2.36. The van der Waals surface area contributed by atoms with Crippen molar-refractivity contribution in [2.24, 2.45) is 0 Å². The number of nitrogens with one attached hydrogen (secondary N) is 2. The van der Waals surface area contributed by atoms with Gasteiger partial charge in [0, 0.05) is 17.8 Å². The Balaban J connectivity index is 1.66. The van der Waals surface area contributed by atoms with Gasteiger partial charge in [0.1, 0.15) is 5.69 Å². The van der Waals surface area contributed by atoms with Crippen molar-refractivity contribution < 1.29 is 4.79 Å². The SMILES string of the molecule is O=C(NC1CCCCC1)c1ccc(-c2nn[nH]n2)cn1. The number of pyridine rings is 1. The molecule has 1 amide bonds. The van der Waals surface area contributed by atoms with Crippen LogP contribution in [0.4, 0.5) is 0 Å². The number of carbonyl (C=O) groups is 1. The lowest BCUT2D eigenvalue weighted by Gasteiger charge is -2.22. The van der Waals surface area contributed by atoms with Gasteiger partial charge >= 0.3 is 0 Å². The van der Waals surface area contributed by atoms with E-state index < -0.39 is 0 Å². The fraction of sp³-hybridized carbons (Fsp3) is 0.462. The predicted octanol–water partition coefficient (Wildman–Crippen LogP) is 1.32. The first-order chi connectivity index (χ1) is 9.83. The molecule has 7 nitrogen and oxygen atoms in total. The van der Waals surface area contributed by atoms with Gasteiger partial charge in [0.05, 0.1) is 0 Å². The number of nitrogens with zero attached hydrogens (tertiary/aromatic N) is 4. The molecule has 1 fully saturated rings. The molecule has 2 aromatic heterocycles. The fourth-order valence-electron chi connectivity index (χ4n) is 2.45. The Bertz CT molecular complexity index is 559. The molecule has 2 aromatic rings. The van der Waals surface area contributed by atoms with E-state index in [0.29, 0.717) is 11.5 Å². The highest BCUT2D eigenvalue weighted by atomic mass is 16.1. The van der Waals surface area contributed by atoms with E-state index in [-0.39, 0.29) is 11.9 Å². The van der Waals surface area contributed by atoms with Crippen molar-refractivity contribution in [1.82, 2.24) is 30.9 Å². The van der Waals surface area contributed by atoms with E-state index in [1.54, 1.807) is 18.3 Å². The third kappa shape index (κ3) is 2.81. The zero-order valence-electron chi connectivity index (χ0n) is 11.0. The van der Waals surface area contributed by atoms with E-state index >= 15 is 0 Å². The van der Waals surface area contributed by atoms with Crippen LogP contribution in [0.15, 0.2) is 18.3 Å². The van der Waals surface area contributed by atoms with Gasteiger partial charge in [-0.05, 0) is 30.2 Å². The summed E-state index contributed by atoms with van der Waals surface area (Å²) >= 11 is 0. The van der Waals surface area contributed by atoms with E-state index in [9.17, 15) is 4.79 Å². The number of aromatic nitrogens is 5. The zero-order valence-corrected chi connectivity index (χ0v) is 11.0. The van der Waals surface area contributed by atoms with Crippen LogP contribution in [0.5, 0.6) is 0 Å². The highest BCUT2D eigenvalue weighted by Gasteiger charge is 2.17. The Hall–Kier alpha value is -2.31. The number of carbonyl (C=O) groups excluding carboxylic acids is 1. The number of hydrogen-bond donors (Lipinski definition) is 2. The summed E-state index contributed by atoms with van der Waals surface area (Å²) in [5, 5.41) is 16.6. The second-order valence-electron chi connectivity index (χ2n) is 4.98. The quantitative estimate of drug-likeness (QED) is 0.878. The monoisotopic (exact) mass is 272 g/mol. The number of rotatable bonds is 3. The number of amides is 1. The summed E-state index contributed by atoms with van der Waals surface area (Å²) in [7, 11) is 0. The highest BCUT2D eigenvalue weighted by Crippen LogP contribution is 2.18. The molecule has 20 heavy (non-hydrogen) atoms. The third-order valence-corrected chi connectivity index (χ3v) is 3.54. The predicted molar refractivity (Wildman–Crippen MR) is 71.7 cm³/mol. The molecule has 7 heteroatoms. The van der Waals surface area contributed by atoms with Gasteiger partial charge in [-0.25, -0.2) is 0 Å². The van der Waals surface area contributed by atoms with Gasteiger partial charge < -0.3 is 5.32 Å². The van der Waals surface area contributed by atoms with Crippen molar-refractivity contribution in [2.75, 3.05) is 0 Å². The van der Waals surface area contributed by atoms with Crippen LogP contribution >= 0.6 is 0 Å². The van der Waals surface area contributed by atoms with Gasteiger partial charge in [-0.1, -0.05) is 19.3 Å². The Kier molecular flexibility index (Phi) is 3.67. The van der Waals surface area contributed by atoms with E-state index in [4.69, 9.17) is 0 Å². The molecule has 2 N–H and O–H groups in total. The number of aromatic amines is 1. The number of H-pyrrole nitrogens is 1. The molecule has 0 unspecified atom stereocenters. The molecule has 0 aliphatic heterocycles. The number of tetrazole rings is 1. The maximum Gasteiger partial charge on any atom is 0.270 e. The van der Waals surface area contributed by atoms with Crippen LogP contribution < -0.4 is 5.32 Å². The molecule has 0 radical (unpaired) electrons. The van der Waals surface area contributed by atoms with Crippen LogP contribution in [0.25, 0.3) is 11.4 Å². The Labute approximate surface area is 116 Å². The van der Waals surface area contributed by atoms with Crippen molar-refractivity contribution in [3.63, 3.8) is 0 Å². The van der Waals surface area contributed by atoms with Gasteiger partial charge in [0.2, 0.25) is 5.82 Å². The van der Waals surface area contributed by atoms with Crippen LogP contribution in [0.1, 0.15) is 42.6 Å². The van der Waals surface area contributed by atoms with Gasteiger partial charge in [-0.15, -0.1) is 10.2 Å². The van der Waals surface area contributed by atoms with Crippen molar-refractivity contribution in [1.29, 1.82) is 0 Å². The summed E-state index contributed by atoms with van der Waals surface area (Å²) in [5.41, 5.74) is 1.15. The van der Waals surface area contributed by atoms with Crippen LogP contribution in [-0.4, -0.2) is 37.6 Å². The molecule has 1 aliphatic carbocycles. The maximum absolute atomic E-state index is 12.1.